The molecular formula is C129H101N3. The second kappa shape index (κ2) is 32.1. The first-order valence-corrected chi connectivity index (χ1v) is 47.1. The van der Waals surface area contributed by atoms with E-state index in [4.69, 9.17) is 0 Å². The zero-order valence-electron chi connectivity index (χ0n) is 76.1. The van der Waals surface area contributed by atoms with Gasteiger partial charge in [-0.2, -0.15) is 0 Å². The highest BCUT2D eigenvalue weighted by molar-refractivity contribution is 6.28. The summed E-state index contributed by atoms with van der Waals surface area (Å²) in [7, 11) is 6.67. The van der Waals surface area contributed by atoms with Crippen LogP contribution in [0.4, 0.5) is 34.1 Å². The van der Waals surface area contributed by atoms with Gasteiger partial charge in [0.25, 0.3) is 0 Å². The van der Waals surface area contributed by atoms with E-state index >= 15 is 0 Å². The van der Waals surface area contributed by atoms with Crippen LogP contribution < -0.4 is 14.7 Å². The van der Waals surface area contributed by atoms with Crippen LogP contribution in [0.5, 0.6) is 0 Å². The van der Waals surface area contributed by atoms with Crippen LogP contribution in [0.2, 0.25) is 0 Å². The summed E-state index contributed by atoms with van der Waals surface area (Å²) >= 11 is 0. The van der Waals surface area contributed by atoms with Crippen molar-refractivity contribution in [3.05, 3.63) is 456 Å². The van der Waals surface area contributed by atoms with Gasteiger partial charge in [-0.05, 0) is 327 Å². The number of anilines is 6. The van der Waals surface area contributed by atoms with Crippen molar-refractivity contribution < 1.29 is 0 Å². The Morgan fingerprint density at radius 1 is 0.182 bits per heavy atom. The minimum absolute atomic E-state index is 0.0451. The third kappa shape index (κ3) is 13.2. The van der Waals surface area contributed by atoms with E-state index in [2.05, 4.69) is 465 Å². The Labute approximate surface area is 773 Å². The summed E-state index contributed by atoms with van der Waals surface area (Å²) in [6.45, 7) is 11.4. The Hall–Kier alpha value is -15.4. The van der Waals surface area contributed by atoms with E-state index in [1.165, 1.54) is 270 Å². The maximum absolute atomic E-state index is 2.48. The Bertz CT molecular complexity index is 8540. The second-order valence-electron chi connectivity index (χ2n) is 37.8. The highest BCUT2D eigenvalue weighted by Crippen LogP contribution is 2.55. The number of fused-ring (bicyclic) bond motifs is 19. The molecule has 0 atom stereocenters. The van der Waals surface area contributed by atoms with Crippen molar-refractivity contribution in [1.29, 1.82) is 0 Å². The van der Waals surface area contributed by atoms with Gasteiger partial charge in [0, 0.05) is 60.7 Å². The van der Waals surface area contributed by atoms with E-state index in [0.29, 0.717) is 0 Å². The molecule has 132 heavy (non-hydrogen) atoms. The summed E-state index contributed by atoms with van der Waals surface area (Å²) < 4.78 is 0. The van der Waals surface area contributed by atoms with Crippen molar-refractivity contribution in [2.75, 3.05) is 35.8 Å². The molecule has 0 radical (unpaired) electrons. The minimum atomic E-state index is -0.0451. The summed E-state index contributed by atoms with van der Waals surface area (Å²) in [5, 5.41) is 23.3. The highest BCUT2D eigenvalue weighted by atomic mass is 15.1. The van der Waals surface area contributed by atoms with Crippen LogP contribution >= 0.6 is 0 Å². The summed E-state index contributed by atoms with van der Waals surface area (Å²) in [5.74, 6) is 0. The predicted octanol–water partition coefficient (Wildman–Crippen LogP) is 34.3. The van der Waals surface area contributed by atoms with Gasteiger partial charge in [-0.3, -0.25) is 0 Å². The van der Waals surface area contributed by atoms with Crippen molar-refractivity contribution in [3.8, 4) is 77.9 Å². The molecule has 3 nitrogen and oxygen atoms in total. The molecule has 0 unspecified atom stereocenters. The van der Waals surface area contributed by atoms with Gasteiger partial charge in [0.05, 0.1) is 0 Å². The average molecular weight is 1690 g/mol. The van der Waals surface area contributed by atoms with E-state index in [1.54, 1.807) is 0 Å². The van der Waals surface area contributed by atoms with Crippen LogP contribution in [0.3, 0.4) is 0 Å². The molecule has 3 heteroatoms. The Kier molecular flexibility index (Phi) is 19.4. The highest BCUT2D eigenvalue weighted by Gasteiger charge is 2.36. The fourth-order valence-electron chi connectivity index (χ4n) is 23.3. The molecule has 0 aromatic heterocycles. The Balaban J connectivity index is 0.000000109. The Morgan fingerprint density at radius 2 is 0.485 bits per heavy atom. The zero-order chi connectivity index (χ0) is 88.7. The molecule has 1 aliphatic carbocycles. The van der Waals surface area contributed by atoms with Crippen molar-refractivity contribution in [1.82, 2.24) is 0 Å². The summed E-state index contributed by atoms with van der Waals surface area (Å²) in [6.07, 6.45) is 6.34. The normalized spacial score (nSPS) is 13.4. The summed E-state index contributed by atoms with van der Waals surface area (Å²) in [5.41, 5.74) is 41.2. The molecule has 0 fully saturated rings. The average Bonchev–Trinajstić information content (AvgIpc) is 1.09. The van der Waals surface area contributed by atoms with Gasteiger partial charge < -0.3 is 14.7 Å². The lowest BCUT2D eigenvalue weighted by Crippen LogP contribution is -2.14. The maximum atomic E-state index is 2.48. The first-order valence-electron chi connectivity index (χ1n) is 47.1. The van der Waals surface area contributed by atoms with Gasteiger partial charge in [0.15, 0.2) is 0 Å². The molecule has 22 aromatic rings. The molecule has 0 N–H and O–H groups in total. The van der Waals surface area contributed by atoms with Crippen LogP contribution in [-0.4, -0.2) is 21.1 Å². The molecule has 0 spiro atoms. The summed E-state index contributed by atoms with van der Waals surface area (Å²) in [6, 6.07) is 148. The maximum Gasteiger partial charge on any atom is 0.0447 e. The number of rotatable bonds is 6. The smallest absolute Gasteiger partial charge is 0.0447 e. The quantitative estimate of drug-likeness (QED) is 0.121. The van der Waals surface area contributed by atoms with Gasteiger partial charge in [-0.25, -0.2) is 0 Å². The van der Waals surface area contributed by atoms with Crippen molar-refractivity contribution in [3.63, 3.8) is 0 Å². The fourth-order valence-corrected chi connectivity index (χ4v) is 23.3. The lowest BCUT2D eigenvalue weighted by atomic mass is 9.80. The largest absolute Gasteiger partial charge is 0.344 e. The van der Waals surface area contributed by atoms with Crippen LogP contribution in [0.1, 0.15) is 75.0 Å². The molecule has 3 aliphatic heterocycles. The van der Waals surface area contributed by atoms with Crippen molar-refractivity contribution >= 4 is 131 Å². The third-order valence-corrected chi connectivity index (χ3v) is 29.8. The van der Waals surface area contributed by atoms with E-state index in [1.807, 2.05) is 0 Å². The van der Waals surface area contributed by atoms with Crippen LogP contribution in [0.15, 0.2) is 394 Å². The van der Waals surface area contributed by atoms with E-state index in [-0.39, 0.29) is 5.41 Å². The first kappa shape index (κ1) is 79.9. The van der Waals surface area contributed by atoms with E-state index < -0.39 is 0 Å². The molecule has 632 valence electrons. The number of para-hydroxylation sites is 3. The van der Waals surface area contributed by atoms with Crippen molar-refractivity contribution in [2.45, 2.75) is 78.6 Å². The molecule has 3 heterocycles. The molecule has 0 bridgehead atoms. The number of benzene rings is 22. The van der Waals surface area contributed by atoms with Gasteiger partial charge in [-0.1, -0.05) is 376 Å². The second-order valence-corrected chi connectivity index (χ2v) is 37.8. The standard InChI is InChI=1S/C45H37N.C44H33N.C40H31N/c1-28-17-23-37-38(25-28)44(32-21-20-30-19-18-29-11-5-10-16-41(29)46(4)42(30)27-32)36-14-7-6-13-35(36)43(37)31-22-24-34-33-12-8-9-15-39(33)45(2,3)40(34)26-31;1-28-19-24-38-39(25-28)43(32-23-22-30-21-20-29-11-4-10-18-41(29)45(2)42(30)27-32)36-16-8-9-17-37(36)44(38)40-26-31-12-3-5-13-33(31)34-14-6-7-15-35(34)40;1-26-18-23-35-36(24-26)39(30-22-21-29-20-19-28-11-4-8-17-37(28)41(2)38(29)25-30)33-14-6-7-15-34(33)40(35)32-16-9-12-27-10-3-5-13-31(27)32/h5-17,20-27H,18-19H2,1-4H3;3-19,22-27H,20-21H2,1-2H3;3-18,21-25H,19-20H2,1-2H3. The number of nitrogens with zero attached hydrogens (tertiary/aromatic N) is 3. The van der Waals surface area contributed by atoms with Crippen molar-refractivity contribution in [2.24, 2.45) is 0 Å². The van der Waals surface area contributed by atoms with Crippen LogP contribution in [-0.2, 0) is 43.9 Å². The molecule has 0 saturated heterocycles. The predicted molar refractivity (Wildman–Crippen MR) is 567 cm³/mol. The SMILES string of the molecule is Cc1ccc2c(-c3cc4ccccc4c4ccccc34)c3ccccc3c(-c3ccc4c(c3)N(C)c3ccccc3CC4)c2c1.Cc1ccc2c(-c3ccc4c(c3)C(C)(C)c3ccccc3-4)c3ccccc3c(-c3ccc4c(c3)N(C)c3ccccc3CC4)c2c1.Cc1ccc2c(-c3cccc4ccccc34)c3ccccc3c(-c3ccc4c(c3)N(C)c3ccccc3CC4)c2c1. The number of hydrogen-bond donors (Lipinski definition) is 0. The van der Waals surface area contributed by atoms with Crippen LogP contribution in [0.25, 0.3) is 175 Å². The monoisotopic (exact) mass is 1690 g/mol. The lowest BCUT2D eigenvalue weighted by molar-refractivity contribution is 0.660. The first-order chi connectivity index (χ1) is 64.7. The van der Waals surface area contributed by atoms with E-state index in [9.17, 15) is 0 Å². The lowest BCUT2D eigenvalue weighted by Gasteiger charge is -2.24. The molecular weight excluding hydrogens is 1590 g/mol. The topological polar surface area (TPSA) is 9.72 Å². The van der Waals surface area contributed by atoms with Gasteiger partial charge in [0.2, 0.25) is 0 Å². The molecule has 0 saturated carbocycles. The molecule has 0 amide bonds. The molecule has 4 aliphatic rings. The van der Waals surface area contributed by atoms with E-state index in [0.717, 1.165) is 38.5 Å². The summed E-state index contributed by atoms with van der Waals surface area (Å²) in [4.78, 5) is 7.18. The minimum Gasteiger partial charge on any atom is -0.344 e. The van der Waals surface area contributed by atoms with Crippen LogP contribution in [0, 0.1) is 20.8 Å². The molecule has 26 rings (SSSR count). The fraction of sp³-hybridized carbons (Fsp3) is 0.116. The third-order valence-electron chi connectivity index (χ3n) is 29.8. The number of aryl methyl sites for hydroxylation is 9. The van der Waals surface area contributed by atoms with Gasteiger partial charge >= 0.3 is 0 Å². The van der Waals surface area contributed by atoms with Gasteiger partial charge in [0.1, 0.15) is 0 Å². The number of hydrogen-bond acceptors (Lipinski definition) is 3. The van der Waals surface area contributed by atoms with Gasteiger partial charge in [-0.15, -0.1) is 0 Å². The molecule has 22 aromatic carbocycles. The zero-order valence-corrected chi connectivity index (χ0v) is 76.1. The Morgan fingerprint density at radius 3 is 0.947 bits per heavy atom.